The van der Waals surface area contributed by atoms with Gasteiger partial charge in [-0.3, -0.25) is 0 Å². The molecule has 0 aliphatic rings. The highest BCUT2D eigenvalue weighted by atomic mass is 16.5. The zero-order valence-electron chi connectivity index (χ0n) is 9.09. The van der Waals surface area contributed by atoms with Crippen LogP contribution in [0.25, 0.3) is 10.4 Å². The molecule has 0 aliphatic heterocycles. The first-order valence-corrected chi connectivity index (χ1v) is 5.05. The fraction of sp³-hybridized carbons (Fsp3) is 0.364. The van der Waals surface area contributed by atoms with Crippen LogP contribution in [-0.4, -0.2) is 19.1 Å². The largest absolute Gasteiger partial charge is 0.462 e. The molecule has 0 saturated heterocycles. The molecule has 84 valence electrons. The second-order valence-electron chi connectivity index (χ2n) is 3.08. The fourth-order valence-corrected chi connectivity index (χ4v) is 1.36. The van der Waals surface area contributed by atoms with Gasteiger partial charge in [0.1, 0.15) is 0 Å². The van der Waals surface area contributed by atoms with Crippen molar-refractivity contribution in [1.82, 2.24) is 0 Å². The van der Waals surface area contributed by atoms with E-state index in [-0.39, 0.29) is 5.97 Å². The van der Waals surface area contributed by atoms with E-state index in [0.717, 1.165) is 5.56 Å². The molecule has 0 radical (unpaired) electrons. The Morgan fingerprint density at radius 1 is 1.50 bits per heavy atom. The van der Waals surface area contributed by atoms with Crippen LogP contribution in [0.4, 0.5) is 0 Å². The molecule has 5 nitrogen and oxygen atoms in total. The molecule has 0 fully saturated rings. The van der Waals surface area contributed by atoms with Gasteiger partial charge in [-0.2, -0.15) is 0 Å². The lowest BCUT2D eigenvalue weighted by molar-refractivity contribution is 0.0525. The van der Waals surface area contributed by atoms with Crippen molar-refractivity contribution in [1.29, 1.82) is 0 Å². The van der Waals surface area contributed by atoms with Crippen molar-refractivity contribution >= 4 is 5.97 Å². The van der Waals surface area contributed by atoms with Crippen LogP contribution in [0.3, 0.4) is 0 Å². The van der Waals surface area contributed by atoms with Gasteiger partial charge >= 0.3 is 5.97 Å². The van der Waals surface area contributed by atoms with Gasteiger partial charge in [-0.1, -0.05) is 23.3 Å². The van der Waals surface area contributed by atoms with Crippen LogP contribution >= 0.6 is 0 Å². The van der Waals surface area contributed by atoms with Crippen molar-refractivity contribution in [2.24, 2.45) is 5.11 Å². The molecule has 16 heavy (non-hydrogen) atoms. The van der Waals surface area contributed by atoms with Crippen LogP contribution in [-0.2, 0) is 11.2 Å². The van der Waals surface area contributed by atoms with Gasteiger partial charge < -0.3 is 4.74 Å². The summed E-state index contributed by atoms with van der Waals surface area (Å²) in [5.41, 5.74) is 9.55. The summed E-state index contributed by atoms with van der Waals surface area (Å²) in [7, 11) is 0. The first-order valence-electron chi connectivity index (χ1n) is 5.05. The van der Waals surface area contributed by atoms with E-state index < -0.39 is 0 Å². The van der Waals surface area contributed by atoms with Gasteiger partial charge in [0.15, 0.2) is 0 Å². The molecule has 0 bridgehead atoms. The number of azide groups is 1. The summed E-state index contributed by atoms with van der Waals surface area (Å²) < 4.78 is 4.93. The van der Waals surface area contributed by atoms with E-state index in [9.17, 15) is 4.79 Å². The Kier molecular flexibility index (Phi) is 4.89. The normalized spacial score (nSPS) is 9.31. The summed E-state index contributed by atoms with van der Waals surface area (Å²) in [6.45, 7) is 2.46. The maximum atomic E-state index is 11.6. The predicted molar refractivity (Wildman–Crippen MR) is 60.1 cm³/mol. The molecule has 1 rings (SSSR count). The molecule has 0 aliphatic carbocycles. The summed E-state index contributed by atoms with van der Waals surface area (Å²) >= 11 is 0. The summed E-state index contributed by atoms with van der Waals surface area (Å²) in [5.74, 6) is -0.334. The Morgan fingerprint density at radius 3 is 2.94 bits per heavy atom. The molecule has 0 amide bonds. The molecule has 0 spiro atoms. The molecule has 0 N–H and O–H groups in total. The van der Waals surface area contributed by atoms with Crippen molar-refractivity contribution < 1.29 is 9.53 Å². The first-order chi connectivity index (χ1) is 7.79. The average molecular weight is 219 g/mol. The van der Waals surface area contributed by atoms with Crippen LogP contribution in [0.15, 0.2) is 29.4 Å². The van der Waals surface area contributed by atoms with E-state index >= 15 is 0 Å². The minimum Gasteiger partial charge on any atom is -0.462 e. The number of carbonyl (C=O) groups is 1. The molecule has 0 atom stereocenters. The van der Waals surface area contributed by atoms with Crippen molar-refractivity contribution in [3.8, 4) is 0 Å². The van der Waals surface area contributed by atoms with Crippen LogP contribution in [0.5, 0.6) is 0 Å². The van der Waals surface area contributed by atoms with Gasteiger partial charge in [-0.05, 0) is 30.5 Å². The van der Waals surface area contributed by atoms with E-state index in [2.05, 4.69) is 10.0 Å². The van der Waals surface area contributed by atoms with Gasteiger partial charge in [-0.15, -0.1) is 0 Å². The summed E-state index contributed by atoms with van der Waals surface area (Å²) in [6.07, 6.45) is 0.541. The van der Waals surface area contributed by atoms with Crippen LogP contribution < -0.4 is 0 Å². The zero-order valence-corrected chi connectivity index (χ0v) is 9.09. The van der Waals surface area contributed by atoms with E-state index in [4.69, 9.17) is 10.3 Å². The first kappa shape index (κ1) is 12.1. The Bertz CT molecular complexity index is 411. The summed E-state index contributed by atoms with van der Waals surface area (Å²) in [6, 6.07) is 7.17. The van der Waals surface area contributed by atoms with Crippen LogP contribution in [0, 0.1) is 0 Å². The number of hydrogen-bond donors (Lipinski definition) is 0. The van der Waals surface area contributed by atoms with Gasteiger partial charge in [0, 0.05) is 11.5 Å². The maximum Gasteiger partial charge on any atom is 0.338 e. The molecular formula is C11H13N3O2. The number of hydrogen-bond acceptors (Lipinski definition) is 3. The quantitative estimate of drug-likeness (QED) is 0.330. The Labute approximate surface area is 93.7 Å². The maximum absolute atomic E-state index is 11.6. The van der Waals surface area contributed by atoms with Crippen molar-refractivity contribution in [3.63, 3.8) is 0 Å². The number of nitrogens with zero attached hydrogens (tertiary/aromatic N) is 3. The highest BCUT2D eigenvalue weighted by Gasteiger charge is 2.10. The molecule has 5 heteroatoms. The van der Waals surface area contributed by atoms with Crippen molar-refractivity contribution in [2.45, 2.75) is 13.3 Å². The van der Waals surface area contributed by atoms with E-state index in [1.54, 1.807) is 19.1 Å². The summed E-state index contributed by atoms with van der Waals surface area (Å²) in [4.78, 5) is 14.2. The third kappa shape index (κ3) is 3.29. The lowest BCUT2D eigenvalue weighted by Gasteiger charge is -2.06. The van der Waals surface area contributed by atoms with E-state index in [1.807, 2.05) is 12.1 Å². The minimum atomic E-state index is -0.334. The number of esters is 1. The van der Waals surface area contributed by atoms with Gasteiger partial charge in [-0.25, -0.2) is 4.79 Å². The Morgan fingerprint density at radius 2 is 2.25 bits per heavy atom. The van der Waals surface area contributed by atoms with Gasteiger partial charge in [0.25, 0.3) is 0 Å². The zero-order chi connectivity index (χ0) is 11.8. The van der Waals surface area contributed by atoms with Crippen LogP contribution in [0.2, 0.25) is 0 Å². The number of benzene rings is 1. The van der Waals surface area contributed by atoms with Gasteiger partial charge in [0.2, 0.25) is 0 Å². The molecule has 0 saturated carbocycles. The standard InChI is InChI=1S/C11H13N3O2/c1-2-16-11(15)10-6-4-3-5-9(10)7-8-13-14-12/h3-6H,2,7-8H2,1H3. The number of rotatable bonds is 5. The second kappa shape index (κ2) is 6.48. The highest BCUT2D eigenvalue weighted by Crippen LogP contribution is 2.11. The topological polar surface area (TPSA) is 75.1 Å². The lowest BCUT2D eigenvalue weighted by Crippen LogP contribution is -2.08. The average Bonchev–Trinajstić information content (AvgIpc) is 2.30. The van der Waals surface area contributed by atoms with Crippen molar-refractivity contribution in [3.05, 3.63) is 45.8 Å². The Balaban J connectivity index is 2.82. The molecule has 1 aromatic rings. The molecular weight excluding hydrogens is 206 g/mol. The molecule has 0 aromatic heterocycles. The summed E-state index contributed by atoms with van der Waals surface area (Å²) in [5, 5.41) is 3.44. The SMILES string of the molecule is CCOC(=O)c1ccccc1CCN=[N+]=[N-]. The smallest absolute Gasteiger partial charge is 0.338 e. The molecule has 1 aromatic carbocycles. The van der Waals surface area contributed by atoms with Gasteiger partial charge in [0.05, 0.1) is 12.2 Å². The molecule has 0 heterocycles. The Hall–Kier alpha value is -2.00. The fourth-order valence-electron chi connectivity index (χ4n) is 1.36. The number of ether oxygens (including phenoxy) is 1. The third-order valence-corrected chi connectivity index (χ3v) is 2.06. The van der Waals surface area contributed by atoms with E-state index in [0.29, 0.717) is 25.1 Å². The predicted octanol–water partition coefficient (Wildman–Crippen LogP) is 2.72. The van der Waals surface area contributed by atoms with Crippen LogP contribution in [0.1, 0.15) is 22.8 Å². The molecule has 0 unspecified atom stereocenters. The highest BCUT2D eigenvalue weighted by molar-refractivity contribution is 5.91. The van der Waals surface area contributed by atoms with E-state index in [1.165, 1.54) is 0 Å². The monoisotopic (exact) mass is 219 g/mol. The van der Waals surface area contributed by atoms with Crippen molar-refractivity contribution in [2.75, 3.05) is 13.2 Å². The minimum absolute atomic E-state index is 0.334. The second-order valence-corrected chi connectivity index (χ2v) is 3.08. The number of carbonyl (C=O) groups excluding carboxylic acids is 1. The third-order valence-electron chi connectivity index (χ3n) is 2.06. The lowest BCUT2D eigenvalue weighted by atomic mass is 10.1.